The van der Waals surface area contributed by atoms with Crippen LogP contribution in [-0.4, -0.2) is 66.6 Å². The molecule has 1 aromatic heterocycles. The Morgan fingerprint density at radius 3 is 2.50 bits per heavy atom. The number of benzene rings is 2. The molecule has 2 fully saturated rings. The molecule has 3 aromatic rings. The zero-order valence-electron chi connectivity index (χ0n) is 23.5. The Labute approximate surface area is 247 Å². The first-order valence-electron chi connectivity index (χ1n) is 13.9. The van der Waals surface area contributed by atoms with Crippen LogP contribution in [0.4, 0.5) is 0 Å². The van der Waals surface area contributed by atoms with Crippen molar-refractivity contribution in [2.45, 2.75) is 44.1 Å². The van der Waals surface area contributed by atoms with Gasteiger partial charge >= 0.3 is 0 Å². The minimum atomic E-state index is -1.04. The summed E-state index contributed by atoms with van der Waals surface area (Å²) in [4.78, 5) is 42.1. The molecule has 0 radical (unpaired) electrons. The van der Waals surface area contributed by atoms with E-state index in [9.17, 15) is 14.4 Å². The number of amidine groups is 1. The highest BCUT2D eigenvalue weighted by Crippen LogP contribution is 2.48. The summed E-state index contributed by atoms with van der Waals surface area (Å²) in [5.74, 6) is -2.18. The number of carbonyl (C=O) groups excluding carboxylic acids is 3. The molecule has 3 aliphatic rings. The molecule has 2 aliphatic heterocycles. The zero-order valence-corrected chi connectivity index (χ0v) is 24.3. The van der Waals surface area contributed by atoms with Crippen LogP contribution in [-0.2, 0) is 31.0 Å². The molecule has 3 amide bonds. The summed E-state index contributed by atoms with van der Waals surface area (Å²) in [5, 5.41) is 15.0. The van der Waals surface area contributed by atoms with Gasteiger partial charge in [-0.25, -0.2) is 0 Å². The number of amides is 3. The Bertz CT molecular complexity index is 1590. The number of nitrogens with one attached hydrogen (secondary N) is 3. The molecule has 1 aliphatic carbocycles. The van der Waals surface area contributed by atoms with Crippen molar-refractivity contribution >= 4 is 34.9 Å². The van der Waals surface area contributed by atoms with E-state index in [1.165, 1.54) is 21.8 Å². The minimum absolute atomic E-state index is 0.0375. The molecule has 0 bridgehead atoms. The number of carbonyl (C=O) groups is 3. The Hall–Kier alpha value is -4.06. The fourth-order valence-electron chi connectivity index (χ4n) is 6.17. The number of nitrogens with two attached hydrogens (primary N) is 1. The number of nitrogens with zero attached hydrogens (tertiary/aromatic N) is 1. The number of thiophene rings is 1. The maximum absolute atomic E-state index is 13.4. The van der Waals surface area contributed by atoms with Crippen LogP contribution in [0, 0.1) is 5.41 Å². The van der Waals surface area contributed by atoms with Crippen LogP contribution in [0.1, 0.15) is 52.2 Å². The smallest absolute Gasteiger partial charge is 0.251 e. The van der Waals surface area contributed by atoms with E-state index in [0.717, 1.165) is 21.6 Å². The first-order chi connectivity index (χ1) is 20.1. The van der Waals surface area contributed by atoms with Crippen molar-refractivity contribution in [1.29, 1.82) is 5.41 Å². The van der Waals surface area contributed by atoms with Crippen molar-refractivity contribution in [1.82, 2.24) is 15.5 Å². The van der Waals surface area contributed by atoms with Gasteiger partial charge in [0.1, 0.15) is 11.9 Å². The molecule has 0 saturated carbocycles. The molecule has 6 rings (SSSR count). The highest BCUT2D eigenvalue weighted by molar-refractivity contribution is 7.10. The summed E-state index contributed by atoms with van der Waals surface area (Å²) in [6, 6.07) is 14.8. The van der Waals surface area contributed by atoms with E-state index >= 15 is 0 Å². The topological polar surface area (TPSA) is 147 Å². The fourth-order valence-corrected chi connectivity index (χ4v) is 6.99. The van der Waals surface area contributed by atoms with Crippen molar-refractivity contribution in [3.05, 3.63) is 81.0 Å². The third-order valence-corrected chi connectivity index (χ3v) is 9.31. The lowest BCUT2D eigenvalue weighted by Gasteiger charge is -2.24. The highest BCUT2D eigenvalue weighted by atomic mass is 32.1. The second-order valence-corrected chi connectivity index (χ2v) is 12.4. The van der Waals surface area contributed by atoms with Crippen LogP contribution in [0.25, 0.3) is 11.1 Å². The summed E-state index contributed by atoms with van der Waals surface area (Å²) in [6.07, 6.45) is 0.196. The van der Waals surface area contributed by atoms with Gasteiger partial charge in [0.2, 0.25) is 11.8 Å². The molecule has 2 aromatic carbocycles. The fraction of sp³-hybridized carbons (Fsp3) is 0.355. The SMILES string of the molecule is CC1(C)c2ccccc2-c2cc(C(=O)NCC(=O)N3CC4(CC3C(=O)NCc3cc(C(=N)N)cs3)OCCO4)ccc21. The molecule has 5 N–H and O–H groups in total. The first-order valence-corrected chi connectivity index (χ1v) is 14.8. The molecular weight excluding hydrogens is 554 g/mol. The van der Waals surface area contributed by atoms with Gasteiger partial charge in [0.15, 0.2) is 5.79 Å². The van der Waals surface area contributed by atoms with Gasteiger partial charge in [0.25, 0.3) is 5.91 Å². The van der Waals surface area contributed by atoms with Crippen LogP contribution in [0.15, 0.2) is 53.9 Å². The predicted molar refractivity (Wildman–Crippen MR) is 158 cm³/mol. The maximum atomic E-state index is 13.4. The molecule has 1 unspecified atom stereocenters. The third-order valence-electron chi connectivity index (χ3n) is 8.38. The molecule has 11 heteroatoms. The van der Waals surface area contributed by atoms with Gasteiger partial charge in [-0.1, -0.05) is 44.2 Å². The van der Waals surface area contributed by atoms with E-state index in [2.05, 4.69) is 36.6 Å². The van der Waals surface area contributed by atoms with Crippen molar-refractivity contribution in [3.8, 4) is 11.1 Å². The van der Waals surface area contributed by atoms with E-state index in [1.807, 2.05) is 24.3 Å². The van der Waals surface area contributed by atoms with Crippen molar-refractivity contribution < 1.29 is 23.9 Å². The number of hydrogen-bond acceptors (Lipinski definition) is 7. The number of likely N-dealkylation sites (tertiary alicyclic amines) is 1. The van der Waals surface area contributed by atoms with Crippen LogP contribution in [0.5, 0.6) is 0 Å². The average molecular weight is 588 g/mol. The second-order valence-electron chi connectivity index (χ2n) is 11.4. The van der Waals surface area contributed by atoms with E-state index in [-0.39, 0.29) is 49.1 Å². The van der Waals surface area contributed by atoms with E-state index in [0.29, 0.717) is 24.3 Å². The summed E-state index contributed by atoms with van der Waals surface area (Å²) < 4.78 is 11.6. The van der Waals surface area contributed by atoms with Gasteiger partial charge < -0.3 is 30.7 Å². The Morgan fingerprint density at radius 2 is 1.76 bits per heavy atom. The third kappa shape index (κ3) is 4.97. The molecule has 10 nitrogen and oxygen atoms in total. The minimum Gasteiger partial charge on any atom is -0.384 e. The quantitative estimate of drug-likeness (QED) is 0.247. The van der Waals surface area contributed by atoms with E-state index < -0.39 is 17.7 Å². The Kier molecular flexibility index (Phi) is 7.12. The number of rotatable bonds is 7. The standard InChI is InChI=1S/C31H33N5O5S/c1-30(2)23-6-4-3-5-21(23)22-12-18(7-8-24(22)30)28(38)35-15-26(37)36-17-31(40-9-10-41-31)13-25(36)29(39)34-14-20-11-19(16-42-20)27(32)33/h3-8,11-12,16,25H,9-10,13-15,17H2,1-2H3,(H3,32,33)(H,34,39)(H,35,38). The van der Waals surface area contributed by atoms with E-state index in [4.69, 9.17) is 20.6 Å². The van der Waals surface area contributed by atoms with Gasteiger partial charge in [-0.3, -0.25) is 19.8 Å². The van der Waals surface area contributed by atoms with Gasteiger partial charge in [0.05, 0.1) is 32.8 Å². The molecule has 2 saturated heterocycles. The summed E-state index contributed by atoms with van der Waals surface area (Å²) in [6.45, 7) is 5.17. The summed E-state index contributed by atoms with van der Waals surface area (Å²) >= 11 is 1.39. The van der Waals surface area contributed by atoms with Crippen LogP contribution < -0.4 is 16.4 Å². The summed E-state index contributed by atoms with van der Waals surface area (Å²) in [5.41, 5.74) is 10.9. The maximum Gasteiger partial charge on any atom is 0.251 e. The second kappa shape index (κ2) is 10.6. The Balaban J connectivity index is 1.13. The highest BCUT2D eigenvalue weighted by Gasteiger charge is 2.52. The van der Waals surface area contributed by atoms with Crippen molar-refractivity contribution in [3.63, 3.8) is 0 Å². The number of hydrogen-bond donors (Lipinski definition) is 4. The van der Waals surface area contributed by atoms with Gasteiger partial charge in [-0.05, 0) is 40.5 Å². The zero-order chi connectivity index (χ0) is 29.6. The first kappa shape index (κ1) is 28.1. The van der Waals surface area contributed by atoms with Crippen molar-refractivity contribution in [2.75, 3.05) is 26.3 Å². The molecule has 3 heterocycles. The lowest BCUT2D eigenvalue weighted by atomic mass is 9.82. The van der Waals surface area contributed by atoms with Gasteiger partial charge in [0, 0.05) is 33.2 Å². The number of fused-ring (bicyclic) bond motifs is 3. The molecule has 1 spiro atoms. The summed E-state index contributed by atoms with van der Waals surface area (Å²) in [7, 11) is 0. The molecule has 218 valence electrons. The normalized spacial score (nSPS) is 19.4. The van der Waals surface area contributed by atoms with Gasteiger partial charge in [-0.15, -0.1) is 11.3 Å². The van der Waals surface area contributed by atoms with Gasteiger partial charge in [-0.2, -0.15) is 0 Å². The molecule has 42 heavy (non-hydrogen) atoms. The molecular formula is C31H33N5O5S. The number of nitrogen functional groups attached to an aromatic ring is 1. The van der Waals surface area contributed by atoms with E-state index in [1.54, 1.807) is 17.5 Å². The lowest BCUT2D eigenvalue weighted by Crippen LogP contribution is -2.49. The molecule has 1 atom stereocenters. The predicted octanol–water partition coefficient (Wildman–Crippen LogP) is 2.73. The Morgan fingerprint density at radius 1 is 1.02 bits per heavy atom. The number of ether oxygens (including phenoxy) is 2. The average Bonchev–Trinajstić information content (AvgIpc) is 3.77. The monoisotopic (exact) mass is 587 g/mol. The van der Waals surface area contributed by atoms with Crippen LogP contribution in [0.2, 0.25) is 0 Å². The van der Waals surface area contributed by atoms with Crippen molar-refractivity contribution in [2.24, 2.45) is 5.73 Å². The van der Waals surface area contributed by atoms with Crippen LogP contribution >= 0.6 is 11.3 Å². The largest absolute Gasteiger partial charge is 0.384 e. The lowest BCUT2D eigenvalue weighted by molar-refractivity contribution is -0.152. The van der Waals surface area contributed by atoms with Crippen LogP contribution in [0.3, 0.4) is 0 Å².